The molecular formula is C20H24ClN3O2. The molecule has 0 aliphatic carbocycles. The zero-order valence-corrected chi connectivity index (χ0v) is 15.5. The van der Waals surface area contributed by atoms with E-state index in [1.165, 1.54) is 16.7 Å². The lowest BCUT2D eigenvalue weighted by Gasteiger charge is -2.11. The second-order valence-corrected chi connectivity index (χ2v) is 6.61. The van der Waals surface area contributed by atoms with Crippen LogP contribution in [0.15, 0.2) is 36.4 Å². The van der Waals surface area contributed by atoms with Gasteiger partial charge in [-0.25, -0.2) is 0 Å². The molecule has 0 bridgehead atoms. The van der Waals surface area contributed by atoms with Crippen LogP contribution in [0, 0.1) is 6.92 Å². The highest BCUT2D eigenvalue weighted by atomic mass is 35.5. The molecular weight excluding hydrogens is 350 g/mol. The fraction of sp³-hybridized carbons (Fsp3) is 0.300. The van der Waals surface area contributed by atoms with Gasteiger partial charge in [-0.05, 0) is 41.8 Å². The Morgan fingerprint density at radius 3 is 2.85 bits per heavy atom. The van der Waals surface area contributed by atoms with Gasteiger partial charge in [0.15, 0.2) is 0 Å². The fourth-order valence-electron chi connectivity index (χ4n) is 3.61. The average Bonchev–Trinajstić information content (AvgIpc) is 3.20. The van der Waals surface area contributed by atoms with Crippen LogP contribution in [0.2, 0.25) is 0 Å². The van der Waals surface area contributed by atoms with E-state index in [9.17, 15) is 5.11 Å². The summed E-state index contributed by atoms with van der Waals surface area (Å²) in [6, 6.07) is 12.7. The number of halogens is 1. The van der Waals surface area contributed by atoms with Crippen molar-refractivity contribution in [3.63, 3.8) is 0 Å². The summed E-state index contributed by atoms with van der Waals surface area (Å²) >= 11 is 0. The number of aromatic nitrogens is 1. The van der Waals surface area contributed by atoms with Crippen molar-refractivity contribution in [2.24, 2.45) is 0 Å². The van der Waals surface area contributed by atoms with Gasteiger partial charge in [0.2, 0.25) is 0 Å². The summed E-state index contributed by atoms with van der Waals surface area (Å²) in [5, 5.41) is 26.7. The Bertz CT molecular complexity index is 923. The molecule has 1 unspecified atom stereocenters. The summed E-state index contributed by atoms with van der Waals surface area (Å²) in [4.78, 5) is 3.48. The number of aryl methyl sites for hydroxylation is 1. The Morgan fingerprint density at radius 1 is 1.19 bits per heavy atom. The number of H-pyrrole nitrogens is 1. The SMILES string of the molecule is Cc1ccc(-c2cc3cc(CNCCO)ccc3[nH]2)c2c1CNC2O.Cl. The molecule has 0 saturated carbocycles. The number of aromatic amines is 1. The van der Waals surface area contributed by atoms with E-state index in [4.69, 9.17) is 5.11 Å². The maximum atomic E-state index is 10.3. The van der Waals surface area contributed by atoms with E-state index in [1.54, 1.807) is 0 Å². The molecule has 1 aliphatic rings. The monoisotopic (exact) mass is 373 g/mol. The van der Waals surface area contributed by atoms with Gasteiger partial charge in [0.25, 0.3) is 0 Å². The van der Waals surface area contributed by atoms with Crippen molar-refractivity contribution in [1.29, 1.82) is 0 Å². The third-order valence-electron chi connectivity index (χ3n) is 4.93. The summed E-state index contributed by atoms with van der Waals surface area (Å²) < 4.78 is 0. The molecule has 5 N–H and O–H groups in total. The van der Waals surface area contributed by atoms with Gasteiger partial charge in [0, 0.05) is 47.4 Å². The highest BCUT2D eigenvalue weighted by Gasteiger charge is 2.25. The molecule has 0 saturated heterocycles. The Balaban J connectivity index is 0.00000196. The standard InChI is InChI=1S/C20H23N3O2.ClH/c1-12-2-4-15(19-16(12)11-22-20(19)25)18-9-14-8-13(10-21-6-7-24)3-5-17(14)23-18;/h2-5,8-9,20-25H,6-7,10-11H2,1H3;1H. The topological polar surface area (TPSA) is 80.3 Å². The van der Waals surface area contributed by atoms with Crippen LogP contribution in [0.4, 0.5) is 0 Å². The van der Waals surface area contributed by atoms with Crippen molar-refractivity contribution < 1.29 is 10.2 Å². The lowest BCUT2D eigenvalue weighted by molar-refractivity contribution is 0.152. The van der Waals surface area contributed by atoms with Gasteiger partial charge >= 0.3 is 0 Å². The molecule has 0 amide bonds. The van der Waals surface area contributed by atoms with E-state index in [0.717, 1.165) is 34.3 Å². The Hall–Kier alpha value is -1.89. The molecule has 6 heteroatoms. The van der Waals surface area contributed by atoms with Crippen molar-refractivity contribution in [3.05, 3.63) is 58.7 Å². The third kappa shape index (κ3) is 3.37. The van der Waals surface area contributed by atoms with Gasteiger partial charge < -0.3 is 20.5 Å². The minimum atomic E-state index is -0.616. The molecule has 3 aromatic rings. The molecule has 2 aromatic carbocycles. The van der Waals surface area contributed by atoms with Crippen molar-refractivity contribution in [3.8, 4) is 11.3 Å². The third-order valence-corrected chi connectivity index (χ3v) is 4.93. The summed E-state index contributed by atoms with van der Waals surface area (Å²) in [7, 11) is 0. The van der Waals surface area contributed by atoms with Crippen molar-refractivity contribution in [2.45, 2.75) is 26.2 Å². The van der Waals surface area contributed by atoms with Gasteiger partial charge in [-0.15, -0.1) is 12.4 Å². The number of benzene rings is 2. The summed E-state index contributed by atoms with van der Waals surface area (Å²) in [6.45, 7) is 4.26. The van der Waals surface area contributed by atoms with E-state index in [-0.39, 0.29) is 19.0 Å². The fourth-order valence-corrected chi connectivity index (χ4v) is 3.61. The molecule has 1 atom stereocenters. The lowest BCUT2D eigenvalue weighted by Crippen LogP contribution is -2.17. The van der Waals surface area contributed by atoms with Crippen LogP contribution < -0.4 is 10.6 Å². The predicted molar refractivity (Wildman–Crippen MR) is 106 cm³/mol. The summed E-state index contributed by atoms with van der Waals surface area (Å²) in [5.41, 5.74) is 7.71. The van der Waals surface area contributed by atoms with Crippen LogP contribution in [-0.4, -0.2) is 28.3 Å². The van der Waals surface area contributed by atoms with Crippen LogP contribution in [0.5, 0.6) is 0 Å². The van der Waals surface area contributed by atoms with Gasteiger partial charge in [-0.1, -0.05) is 18.2 Å². The largest absolute Gasteiger partial charge is 0.395 e. The first-order chi connectivity index (χ1) is 12.2. The number of fused-ring (bicyclic) bond motifs is 2. The molecule has 2 heterocycles. The molecule has 138 valence electrons. The Labute approximate surface area is 158 Å². The lowest BCUT2D eigenvalue weighted by atomic mass is 9.96. The van der Waals surface area contributed by atoms with Gasteiger partial charge in [0.05, 0.1) is 6.61 Å². The highest BCUT2D eigenvalue weighted by molar-refractivity contribution is 5.87. The van der Waals surface area contributed by atoms with Crippen molar-refractivity contribution >= 4 is 23.3 Å². The first kappa shape index (κ1) is 18.9. The number of hydrogen-bond donors (Lipinski definition) is 5. The zero-order chi connectivity index (χ0) is 17.4. The average molecular weight is 374 g/mol. The van der Waals surface area contributed by atoms with E-state index in [1.807, 2.05) is 0 Å². The van der Waals surface area contributed by atoms with Gasteiger partial charge in [-0.2, -0.15) is 0 Å². The van der Waals surface area contributed by atoms with Gasteiger partial charge in [0.1, 0.15) is 6.23 Å². The quantitative estimate of drug-likeness (QED) is 0.445. The van der Waals surface area contributed by atoms with Crippen molar-refractivity contribution in [1.82, 2.24) is 15.6 Å². The van der Waals surface area contributed by atoms with Crippen LogP contribution in [-0.2, 0) is 13.1 Å². The second kappa shape index (κ2) is 7.78. The van der Waals surface area contributed by atoms with Gasteiger partial charge in [-0.3, -0.25) is 5.32 Å². The maximum absolute atomic E-state index is 10.3. The molecule has 0 spiro atoms. The number of aliphatic hydroxyl groups excluding tert-OH is 2. The second-order valence-electron chi connectivity index (χ2n) is 6.61. The van der Waals surface area contributed by atoms with E-state index in [2.05, 4.69) is 58.9 Å². The van der Waals surface area contributed by atoms with Crippen LogP contribution in [0.1, 0.15) is 28.5 Å². The summed E-state index contributed by atoms with van der Waals surface area (Å²) in [6.07, 6.45) is -0.616. The number of rotatable bonds is 5. The molecule has 5 nitrogen and oxygen atoms in total. The molecule has 0 fully saturated rings. The molecule has 26 heavy (non-hydrogen) atoms. The number of nitrogens with one attached hydrogen (secondary N) is 3. The Kier molecular flexibility index (Phi) is 5.65. The molecule has 4 rings (SSSR count). The minimum absolute atomic E-state index is 0. The van der Waals surface area contributed by atoms with E-state index in [0.29, 0.717) is 13.1 Å². The minimum Gasteiger partial charge on any atom is -0.395 e. The molecule has 0 radical (unpaired) electrons. The van der Waals surface area contributed by atoms with E-state index < -0.39 is 6.23 Å². The van der Waals surface area contributed by atoms with Crippen LogP contribution >= 0.6 is 12.4 Å². The highest BCUT2D eigenvalue weighted by Crippen LogP contribution is 2.36. The number of aliphatic hydroxyl groups is 2. The molecule has 1 aromatic heterocycles. The van der Waals surface area contributed by atoms with Crippen molar-refractivity contribution in [2.75, 3.05) is 13.2 Å². The molecule has 1 aliphatic heterocycles. The predicted octanol–water partition coefficient (Wildman–Crippen LogP) is 2.74. The first-order valence-electron chi connectivity index (χ1n) is 8.65. The maximum Gasteiger partial charge on any atom is 0.132 e. The number of hydrogen-bond acceptors (Lipinski definition) is 4. The normalized spacial score (nSPS) is 15.9. The van der Waals surface area contributed by atoms with E-state index >= 15 is 0 Å². The zero-order valence-electron chi connectivity index (χ0n) is 14.7. The van der Waals surface area contributed by atoms with Crippen LogP contribution in [0.25, 0.3) is 22.2 Å². The van der Waals surface area contributed by atoms with Crippen LogP contribution in [0.3, 0.4) is 0 Å². The first-order valence-corrected chi connectivity index (χ1v) is 8.65. The Morgan fingerprint density at radius 2 is 2.04 bits per heavy atom. The smallest absolute Gasteiger partial charge is 0.132 e. The summed E-state index contributed by atoms with van der Waals surface area (Å²) in [5.74, 6) is 0.